The van der Waals surface area contributed by atoms with Gasteiger partial charge in [-0.05, 0) is 30.7 Å². The van der Waals surface area contributed by atoms with E-state index in [0.717, 1.165) is 18.8 Å². The number of anilines is 2. The van der Waals surface area contributed by atoms with Crippen LogP contribution in [0.1, 0.15) is 6.42 Å². The molecule has 0 aliphatic carbocycles. The first-order chi connectivity index (χ1) is 7.15. The first kappa shape index (κ1) is 12.2. The van der Waals surface area contributed by atoms with Crippen molar-refractivity contribution in [2.75, 3.05) is 43.4 Å². The van der Waals surface area contributed by atoms with E-state index in [0.29, 0.717) is 0 Å². The molecule has 0 heterocycles. The summed E-state index contributed by atoms with van der Waals surface area (Å²) in [6, 6.07) is 8.55. The van der Waals surface area contributed by atoms with E-state index in [4.69, 9.17) is 11.6 Å². The second kappa shape index (κ2) is 5.86. The Labute approximate surface area is 97.4 Å². The highest BCUT2D eigenvalue weighted by molar-refractivity contribution is 6.17. The molecule has 0 aliphatic heterocycles. The Balaban J connectivity index is 2.62. The first-order valence-corrected chi connectivity index (χ1v) is 5.73. The summed E-state index contributed by atoms with van der Waals surface area (Å²) < 4.78 is 0. The van der Waals surface area contributed by atoms with Crippen LogP contribution >= 0.6 is 11.6 Å². The van der Waals surface area contributed by atoms with Gasteiger partial charge in [-0.2, -0.15) is 0 Å². The Bertz CT molecular complexity index is 282. The van der Waals surface area contributed by atoms with Gasteiger partial charge in [0.2, 0.25) is 0 Å². The van der Waals surface area contributed by atoms with Crippen LogP contribution in [0.5, 0.6) is 0 Å². The van der Waals surface area contributed by atoms with Gasteiger partial charge in [0.25, 0.3) is 0 Å². The highest BCUT2D eigenvalue weighted by Gasteiger charge is 2.00. The van der Waals surface area contributed by atoms with Crippen LogP contribution in [-0.2, 0) is 0 Å². The van der Waals surface area contributed by atoms with E-state index < -0.39 is 0 Å². The van der Waals surface area contributed by atoms with Crippen molar-refractivity contribution in [2.45, 2.75) is 6.42 Å². The zero-order valence-electron chi connectivity index (χ0n) is 9.70. The van der Waals surface area contributed by atoms with Crippen molar-refractivity contribution in [1.29, 1.82) is 0 Å². The lowest BCUT2D eigenvalue weighted by Gasteiger charge is -2.20. The Hall–Kier alpha value is -0.890. The normalized spacial score (nSPS) is 10.1. The molecule has 0 saturated heterocycles. The predicted octanol–water partition coefficient (Wildman–Crippen LogP) is 2.82. The van der Waals surface area contributed by atoms with E-state index in [9.17, 15) is 0 Å². The third kappa shape index (κ3) is 3.63. The van der Waals surface area contributed by atoms with Crippen LogP contribution in [0.4, 0.5) is 11.4 Å². The maximum absolute atomic E-state index is 5.67. The fourth-order valence-corrected chi connectivity index (χ4v) is 1.55. The fourth-order valence-electron chi connectivity index (χ4n) is 1.43. The highest BCUT2D eigenvalue weighted by atomic mass is 35.5. The lowest BCUT2D eigenvalue weighted by Crippen LogP contribution is -2.18. The van der Waals surface area contributed by atoms with Crippen LogP contribution in [-0.4, -0.2) is 33.6 Å². The lowest BCUT2D eigenvalue weighted by molar-refractivity contribution is 0.857. The van der Waals surface area contributed by atoms with Crippen molar-refractivity contribution in [3.05, 3.63) is 24.3 Å². The summed E-state index contributed by atoms with van der Waals surface area (Å²) in [6.07, 6.45) is 1.02. The Morgan fingerprint density at radius 2 is 1.53 bits per heavy atom. The van der Waals surface area contributed by atoms with Crippen LogP contribution in [0.15, 0.2) is 24.3 Å². The molecule has 0 saturated carbocycles. The molecule has 1 rings (SSSR count). The third-order valence-electron chi connectivity index (χ3n) is 2.43. The van der Waals surface area contributed by atoms with Crippen LogP contribution in [0.25, 0.3) is 0 Å². The molecule has 0 aliphatic rings. The highest BCUT2D eigenvalue weighted by Crippen LogP contribution is 2.18. The van der Waals surface area contributed by atoms with Gasteiger partial charge in [-0.3, -0.25) is 0 Å². The molecule has 0 aromatic heterocycles. The van der Waals surface area contributed by atoms with Crippen molar-refractivity contribution in [2.24, 2.45) is 0 Å². The molecule has 2 nitrogen and oxygen atoms in total. The molecule has 0 atom stereocenters. The maximum atomic E-state index is 5.67. The smallest absolute Gasteiger partial charge is 0.0365 e. The van der Waals surface area contributed by atoms with Gasteiger partial charge in [0.05, 0.1) is 0 Å². The van der Waals surface area contributed by atoms with E-state index in [1.165, 1.54) is 11.4 Å². The number of halogens is 1. The molecule has 84 valence electrons. The molecule has 0 amide bonds. The van der Waals surface area contributed by atoms with Crippen molar-refractivity contribution < 1.29 is 0 Å². The SMILES string of the molecule is CN(C)c1ccc(N(C)CCCCl)cc1. The molecule has 0 N–H and O–H groups in total. The van der Waals surface area contributed by atoms with Gasteiger partial charge in [0, 0.05) is 44.9 Å². The summed E-state index contributed by atoms with van der Waals surface area (Å²) >= 11 is 5.67. The third-order valence-corrected chi connectivity index (χ3v) is 2.70. The van der Waals surface area contributed by atoms with Crippen LogP contribution in [0.3, 0.4) is 0 Å². The van der Waals surface area contributed by atoms with Gasteiger partial charge < -0.3 is 9.80 Å². The van der Waals surface area contributed by atoms with E-state index >= 15 is 0 Å². The molecule has 0 radical (unpaired) electrons. The number of alkyl halides is 1. The Morgan fingerprint density at radius 3 is 2.00 bits per heavy atom. The number of nitrogens with zero attached hydrogens (tertiary/aromatic N) is 2. The molecular formula is C12H19ClN2. The Kier molecular flexibility index (Phi) is 4.76. The van der Waals surface area contributed by atoms with E-state index in [-0.39, 0.29) is 0 Å². The van der Waals surface area contributed by atoms with Gasteiger partial charge in [-0.25, -0.2) is 0 Å². The van der Waals surface area contributed by atoms with Crippen LogP contribution < -0.4 is 9.80 Å². The van der Waals surface area contributed by atoms with Crippen molar-refractivity contribution in [1.82, 2.24) is 0 Å². The first-order valence-electron chi connectivity index (χ1n) is 5.19. The van der Waals surface area contributed by atoms with Crippen molar-refractivity contribution >= 4 is 23.0 Å². The van der Waals surface area contributed by atoms with Gasteiger partial charge in [0.1, 0.15) is 0 Å². The summed E-state index contributed by atoms with van der Waals surface area (Å²) in [4.78, 5) is 4.32. The minimum atomic E-state index is 0.722. The number of hydrogen-bond donors (Lipinski definition) is 0. The van der Waals surface area contributed by atoms with Crippen molar-refractivity contribution in [3.8, 4) is 0 Å². The molecule has 0 spiro atoms. The minimum Gasteiger partial charge on any atom is -0.378 e. The summed E-state index contributed by atoms with van der Waals surface area (Å²) in [5.41, 5.74) is 2.47. The van der Waals surface area contributed by atoms with Gasteiger partial charge in [-0.1, -0.05) is 0 Å². The number of rotatable bonds is 5. The maximum Gasteiger partial charge on any atom is 0.0365 e. The molecular weight excluding hydrogens is 208 g/mol. The fraction of sp³-hybridized carbons (Fsp3) is 0.500. The summed E-state index contributed by atoms with van der Waals surface area (Å²) in [7, 11) is 6.19. The predicted molar refractivity (Wildman–Crippen MR) is 69.4 cm³/mol. The molecule has 0 bridgehead atoms. The second-order valence-electron chi connectivity index (χ2n) is 3.87. The molecule has 15 heavy (non-hydrogen) atoms. The molecule has 1 aromatic carbocycles. The average molecular weight is 227 g/mol. The van der Waals surface area contributed by atoms with Crippen molar-refractivity contribution in [3.63, 3.8) is 0 Å². The van der Waals surface area contributed by atoms with E-state index in [2.05, 4.69) is 41.1 Å². The average Bonchev–Trinajstić information content (AvgIpc) is 2.26. The molecule has 1 aromatic rings. The van der Waals surface area contributed by atoms with Crippen LogP contribution in [0, 0.1) is 0 Å². The number of hydrogen-bond acceptors (Lipinski definition) is 2. The second-order valence-corrected chi connectivity index (χ2v) is 4.25. The van der Waals surface area contributed by atoms with Gasteiger partial charge in [0.15, 0.2) is 0 Å². The standard InChI is InChI=1S/C12H19ClN2/c1-14(2)11-5-7-12(8-6-11)15(3)10-4-9-13/h5-8H,4,9-10H2,1-3H3. The molecule has 0 unspecified atom stereocenters. The van der Waals surface area contributed by atoms with Gasteiger partial charge >= 0.3 is 0 Å². The largest absolute Gasteiger partial charge is 0.378 e. The Morgan fingerprint density at radius 1 is 1.00 bits per heavy atom. The summed E-state index contributed by atoms with van der Waals surface area (Å²) in [5.74, 6) is 0.722. The zero-order chi connectivity index (χ0) is 11.3. The zero-order valence-corrected chi connectivity index (χ0v) is 10.5. The molecule has 0 fully saturated rings. The lowest BCUT2D eigenvalue weighted by atomic mass is 10.2. The molecule has 3 heteroatoms. The van der Waals surface area contributed by atoms with Crippen LogP contribution in [0.2, 0.25) is 0 Å². The number of benzene rings is 1. The minimum absolute atomic E-state index is 0.722. The topological polar surface area (TPSA) is 6.48 Å². The summed E-state index contributed by atoms with van der Waals surface area (Å²) in [5, 5.41) is 0. The quantitative estimate of drug-likeness (QED) is 0.713. The summed E-state index contributed by atoms with van der Waals surface area (Å²) in [6.45, 7) is 1.00. The van der Waals surface area contributed by atoms with E-state index in [1.54, 1.807) is 0 Å². The van der Waals surface area contributed by atoms with Gasteiger partial charge in [-0.15, -0.1) is 11.6 Å². The van der Waals surface area contributed by atoms with E-state index in [1.807, 2.05) is 14.1 Å². The monoisotopic (exact) mass is 226 g/mol.